The van der Waals surface area contributed by atoms with E-state index >= 15 is 0 Å². The van der Waals surface area contributed by atoms with Crippen LogP contribution in [-0.2, 0) is 27.7 Å². The van der Waals surface area contributed by atoms with Gasteiger partial charge in [-0.3, -0.25) is 9.79 Å². The van der Waals surface area contributed by atoms with E-state index in [0.717, 1.165) is 24.1 Å². The number of hydrogen-bond donors (Lipinski definition) is 2. The zero-order valence-electron chi connectivity index (χ0n) is 16.8. The molecule has 0 spiro atoms. The lowest BCUT2D eigenvalue weighted by Gasteiger charge is -2.20. The van der Waals surface area contributed by atoms with Gasteiger partial charge in [0.1, 0.15) is 9.84 Å². The second-order valence-electron chi connectivity index (χ2n) is 7.08. The minimum atomic E-state index is -2.97. The van der Waals surface area contributed by atoms with Crippen molar-refractivity contribution < 1.29 is 13.2 Å². The summed E-state index contributed by atoms with van der Waals surface area (Å²) in [5.41, 5.74) is 2.24. The number of benzene rings is 1. The number of nitrogens with one attached hydrogen (secondary N) is 2. The molecule has 1 heterocycles. The number of carbonyl (C=O) groups excluding carboxylic acids is 1. The number of carbonyl (C=O) groups is 1. The third kappa shape index (κ3) is 8.34. The van der Waals surface area contributed by atoms with E-state index in [1.165, 1.54) is 6.26 Å². The van der Waals surface area contributed by atoms with Crippen LogP contribution in [0.1, 0.15) is 37.3 Å². The fourth-order valence-electron chi connectivity index (χ4n) is 3.03. The lowest BCUT2D eigenvalue weighted by atomic mass is 10.1. The van der Waals surface area contributed by atoms with E-state index in [0.29, 0.717) is 31.9 Å². The van der Waals surface area contributed by atoms with Gasteiger partial charge in [-0.05, 0) is 30.9 Å². The third-order valence-corrected chi connectivity index (χ3v) is 5.60. The fourth-order valence-corrected chi connectivity index (χ4v) is 3.81. The Bertz CT molecular complexity index is 783. The molecule has 0 bridgehead atoms. The highest BCUT2D eigenvalue weighted by Crippen LogP contribution is 2.17. The average Bonchev–Trinajstić information content (AvgIpc) is 3.02. The Morgan fingerprint density at radius 1 is 1.29 bits per heavy atom. The average molecular weight is 522 g/mol. The van der Waals surface area contributed by atoms with Crippen LogP contribution < -0.4 is 10.6 Å². The Labute approximate surface area is 185 Å². The second kappa shape index (κ2) is 11.6. The largest absolute Gasteiger partial charge is 0.354 e. The van der Waals surface area contributed by atoms with E-state index < -0.39 is 9.84 Å². The Morgan fingerprint density at radius 2 is 1.96 bits per heavy atom. The second-order valence-corrected chi connectivity index (χ2v) is 9.34. The molecule has 1 aliphatic heterocycles. The number of halogens is 1. The molecule has 9 heteroatoms. The van der Waals surface area contributed by atoms with Crippen molar-refractivity contribution in [3.63, 3.8) is 0 Å². The third-order valence-electron chi connectivity index (χ3n) is 4.63. The number of sulfone groups is 1. The first-order chi connectivity index (χ1) is 12.8. The van der Waals surface area contributed by atoms with Crippen LogP contribution in [0.25, 0.3) is 0 Å². The smallest absolute Gasteiger partial charge is 0.222 e. The van der Waals surface area contributed by atoms with E-state index in [4.69, 9.17) is 0 Å². The first kappa shape index (κ1) is 24.7. The van der Waals surface area contributed by atoms with Crippen molar-refractivity contribution in [2.45, 2.75) is 45.3 Å². The first-order valence-electron chi connectivity index (χ1n) is 9.28. The summed E-state index contributed by atoms with van der Waals surface area (Å²) in [6.07, 6.45) is 3.34. The fraction of sp³-hybridized carbons (Fsp3) is 0.579. The maximum atomic E-state index is 11.9. The molecule has 1 unspecified atom stereocenters. The molecule has 1 amide bonds. The molecule has 0 aromatic heterocycles. The molecular formula is C19H31IN4O3S. The van der Waals surface area contributed by atoms with E-state index in [-0.39, 0.29) is 41.7 Å². The standard InChI is InChI=1S/C19H30N4O3S.HI/c1-15(10-12-27(3,25)26)22-19(20-2)21-13-16-7-4-5-8-17(16)14-23-11-6-9-18(23)24;/h4-5,7-8,15H,6,9-14H2,1-3H3,(H2,20,21,22);1H. The summed E-state index contributed by atoms with van der Waals surface area (Å²) < 4.78 is 22.6. The molecule has 1 saturated heterocycles. The van der Waals surface area contributed by atoms with Gasteiger partial charge in [0.25, 0.3) is 0 Å². The van der Waals surface area contributed by atoms with E-state index in [9.17, 15) is 13.2 Å². The molecule has 1 aromatic rings. The maximum Gasteiger partial charge on any atom is 0.222 e. The van der Waals surface area contributed by atoms with Crippen molar-refractivity contribution in [3.05, 3.63) is 35.4 Å². The van der Waals surface area contributed by atoms with Crippen LogP contribution in [0.3, 0.4) is 0 Å². The molecule has 0 aliphatic carbocycles. The van der Waals surface area contributed by atoms with Crippen LogP contribution in [0.4, 0.5) is 0 Å². The van der Waals surface area contributed by atoms with Gasteiger partial charge in [0, 0.05) is 45.4 Å². The summed E-state index contributed by atoms with van der Waals surface area (Å²) in [5, 5.41) is 6.50. The number of guanidine groups is 1. The summed E-state index contributed by atoms with van der Waals surface area (Å²) in [4.78, 5) is 18.0. The maximum absolute atomic E-state index is 11.9. The minimum absolute atomic E-state index is 0. The summed E-state index contributed by atoms with van der Waals surface area (Å²) in [6, 6.07) is 8.05. The molecule has 1 aromatic carbocycles. The number of rotatable bonds is 8. The molecule has 28 heavy (non-hydrogen) atoms. The van der Waals surface area contributed by atoms with Gasteiger partial charge in [-0.1, -0.05) is 24.3 Å². The van der Waals surface area contributed by atoms with Crippen molar-refractivity contribution in [1.82, 2.24) is 15.5 Å². The summed E-state index contributed by atoms with van der Waals surface area (Å²) >= 11 is 0. The van der Waals surface area contributed by atoms with Gasteiger partial charge in [0.05, 0.1) is 5.75 Å². The zero-order chi connectivity index (χ0) is 19.9. The highest BCUT2D eigenvalue weighted by molar-refractivity contribution is 14.0. The molecule has 1 atom stereocenters. The van der Waals surface area contributed by atoms with Crippen molar-refractivity contribution in [3.8, 4) is 0 Å². The lowest BCUT2D eigenvalue weighted by molar-refractivity contribution is -0.128. The number of hydrogen-bond acceptors (Lipinski definition) is 4. The number of likely N-dealkylation sites (tertiary alicyclic amines) is 1. The lowest BCUT2D eigenvalue weighted by Crippen LogP contribution is -2.42. The van der Waals surface area contributed by atoms with Gasteiger partial charge in [-0.25, -0.2) is 8.42 Å². The van der Waals surface area contributed by atoms with Crippen LogP contribution in [0, 0.1) is 0 Å². The molecule has 2 rings (SSSR count). The number of nitrogens with zero attached hydrogens (tertiary/aromatic N) is 2. The van der Waals surface area contributed by atoms with Crippen LogP contribution >= 0.6 is 24.0 Å². The van der Waals surface area contributed by atoms with Crippen molar-refractivity contribution in [1.29, 1.82) is 0 Å². The van der Waals surface area contributed by atoms with Crippen molar-refractivity contribution in [2.75, 3.05) is 25.6 Å². The van der Waals surface area contributed by atoms with Crippen LogP contribution in [0.5, 0.6) is 0 Å². The molecule has 2 N–H and O–H groups in total. The van der Waals surface area contributed by atoms with Crippen molar-refractivity contribution >= 4 is 45.7 Å². The number of amides is 1. The van der Waals surface area contributed by atoms with Gasteiger partial charge in [0.2, 0.25) is 5.91 Å². The van der Waals surface area contributed by atoms with E-state index in [1.54, 1.807) is 7.05 Å². The van der Waals surface area contributed by atoms with Crippen LogP contribution in [0.15, 0.2) is 29.3 Å². The highest BCUT2D eigenvalue weighted by atomic mass is 127. The monoisotopic (exact) mass is 522 g/mol. The molecule has 0 saturated carbocycles. The topological polar surface area (TPSA) is 90.9 Å². The van der Waals surface area contributed by atoms with E-state index in [1.807, 2.05) is 36.1 Å². The zero-order valence-corrected chi connectivity index (χ0v) is 19.9. The number of aliphatic imine (C=N–C) groups is 1. The summed E-state index contributed by atoms with van der Waals surface area (Å²) in [6.45, 7) is 3.97. The normalized spacial score (nSPS) is 15.9. The van der Waals surface area contributed by atoms with E-state index in [2.05, 4.69) is 15.6 Å². The molecule has 7 nitrogen and oxygen atoms in total. The van der Waals surface area contributed by atoms with Gasteiger partial charge < -0.3 is 15.5 Å². The van der Waals surface area contributed by atoms with Crippen molar-refractivity contribution in [2.24, 2.45) is 4.99 Å². The molecular weight excluding hydrogens is 491 g/mol. The quantitative estimate of drug-likeness (QED) is 0.309. The molecule has 1 aliphatic rings. The Balaban J connectivity index is 0.00000392. The minimum Gasteiger partial charge on any atom is -0.354 e. The predicted octanol–water partition coefficient (Wildman–Crippen LogP) is 1.92. The van der Waals surface area contributed by atoms with Crippen LogP contribution in [-0.4, -0.2) is 56.8 Å². The summed E-state index contributed by atoms with van der Waals surface area (Å²) in [7, 11) is -1.28. The molecule has 0 radical (unpaired) electrons. The molecule has 1 fully saturated rings. The predicted molar refractivity (Wildman–Crippen MR) is 124 cm³/mol. The molecule has 158 valence electrons. The van der Waals surface area contributed by atoms with Gasteiger partial charge in [-0.15, -0.1) is 24.0 Å². The van der Waals surface area contributed by atoms with Gasteiger partial charge in [0.15, 0.2) is 5.96 Å². The highest BCUT2D eigenvalue weighted by Gasteiger charge is 2.20. The Hall–Kier alpha value is -1.36. The van der Waals surface area contributed by atoms with Gasteiger partial charge >= 0.3 is 0 Å². The first-order valence-corrected chi connectivity index (χ1v) is 11.3. The SMILES string of the molecule is CN=C(NCc1ccccc1CN1CCCC1=O)NC(C)CCS(C)(=O)=O.I. The summed E-state index contributed by atoms with van der Waals surface area (Å²) in [5.74, 6) is 0.989. The van der Waals surface area contributed by atoms with Gasteiger partial charge in [-0.2, -0.15) is 0 Å². The Morgan fingerprint density at radius 3 is 2.54 bits per heavy atom. The van der Waals surface area contributed by atoms with Crippen LogP contribution in [0.2, 0.25) is 0 Å². The Kier molecular flexibility index (Phi) is 10.2.